The van der Waals surface area contributed by atoms with Crippen LogP contribution in [0.1, 0.15) is 46.2 Å². The van der Waals surface area contributed by atoms with Crippen LogP contribution in [0.25, 0.3) is 0 Å². The summed E-state index contributed by atoms with van der Waals surface area (Å²) in [5, 5.41) is 4.67. The van der Waals surface area contributed by atoms with E-state index in [-0.39, 0.29) is 11.0 Å². The van der Waals surface area contributed by atoms with Gasteiger partial charge in [0.15, 0.2) is 0 Å². The minimum absolute atomic E-state index is 0.00473. The van der Waals surface area contributed by atoms with E-state index in [1.165, 1.54) is 0 Å². The molecule has 3 heteroatoms. The Kier molecular flexibility index (Phi) is 2.61. The van der Waals surface area contributed by atoms with E-state index in [9.17, 15) is 0 Å². The average molecular weight is 221 g/mol. The summed E-state index contributed by atoms with van der Waals surface area (Å²) in [6.07, 6.45) is 4.32. The molecule has 0 radical (unpaired) electrons. The number of nitrogens with zero attached hydrogens (tertiary/aromatic N) is 2. The second-order valence-electron chi connectivity index (χ2n) is 6.10. The Labute approximate surface area is 98.0 Å². The first-order valence-corrected chi connectivity index (χ1v) is 6.18. The minimum atomic E-state index is -0.0238. The Morgan fingerprint density at radius 3 is 2.62 bits per heavy atom. The van der Waals surface area contributed by atoms with E-state index >= 15 is 0 Å². The van der Waals surface area contributed by atoms with Gasteiger partial charge in [0, 0.05) is 23.7 Å². The zero-order valence-electron chi connectivity index (χ0n) is 10.8. The second-order valence-corrected chi connectivity index (χ2v) is 6.10. The van der Waals surface area contributed by atoms with Crippen molar-refractivity contribution < 1.29 is 0 Å². The van der Waals surface area contributed by atoms with Crippen LogP contribution in [0.4, 0.5) is 0 Å². The summed E-state index contributed by atoms with van der Waals surface area (Å²) in [4.78, 5) is 0. The fourth-order valence-electron chi connectivity index (χ4n) is 2.19. The Balaban J connectivity index is 2.18. The van der Waals surface area contributed by atoms with Crippen LogP contribution in [0.3, 0.4) is 0 Å². The lowest BCUT2D eigenvalue weighted by Gasteiger charge is -2.29. The van der Waals surface area contributed by atoms with E-state index in [1.807, 2.05) is 4.68 Å². The Morgan fingerprint density at radius 2 is 2.12 bits per heavy atom. The summed E-state index contributed by atoms with van der Waals surface area (Å²) in [7, 11) is 0. The quantitative estimate of drug-likeness (QED) is 0.848. The van der Waals surface area contributed by atoms with Gasteiger partial charge in [-0.2, -0.15) is 5.10 Å². The highest BCUT2D eigenvalue weighted by atomic mass is 15.3. The SMILES string of the molecule is CC(C)Cn1ccc(C(C)(C)C2(N)CC2)n1. The smallest absolute Gasteiger partial charge is 0.0699 e. The summed E-state index contributed by atoms with van der Waals surface area (Å²) in [5.41, 5.74) is 7.42. The van der Waals surface area contributed by atoms with E-state index in [2.05, 4.69) is 45.1 Å². The maximum absolute atomic E-state index is 6.32. The lowest BCUT2D eigenvalue weighted by Crippen LogP contribution is -2.43. The van der Waals surface area contributed by atoms with Crippen LogP contribution >= 0.6 is 0 Å². The van der Waals surface area contributed by atoms with Crippen LogP contribution < -0.4 is 5.73 Å². The van der Waals surface area contributed by atoms with Gasteiger partial charge in [0.1, 0.15) is 0 Å². The topological polar surface area (TPSA) is 43.8 Å². The molecular formula is C13H23N3. The van der Waals surface area contributed by atoms with Crippen LogP contribution in [-0.2, 0) is 12.0 Å². The molecule has 16 heavy (non-hydrogen) atoms. The third-order valence-corrected chi connectivity index (χ3v) is 3.87. The highest BCUT2D eigenvalue weighted by Gasteiger charge is 2.52. The predicted octanol–water partition coefficient (Wildman–Crippen LogP) is 2.31. The average Bonchev–Trinajstić information content (AvgIpc) is 2.76. The zero-order valence-corrected chi connectivity index (χ0v) is 10.8. The van der Waals surface area contributed by atoms with E-state index in [0.717, 1.165) is 25.1 Å². The first kappa shape index (κ1) is 11.6. The number of hydrogen-bond donors (Lipinski definition) is 1. The van der Waals surface area contributed by atoms with Gasteiger partial charge in [-0.15, -0.1) is 0 Å². The van der Waals surface area contributed by atoms with Crippen LogP contribution in [0.5, 0.6) is 0 Å². The largest absolute Gasteiger partial charge is 0.324 e. The van der Waals surface area contributed by atoms with E-state index < -0.39 is 0 Å². The molecule has 0 aromatic carbocycles. The predicted molar refractivity (Wildman–Crippen MR) is 66.2 cm³/mol. The van der Waals surface area contributed by atoms with Crippen molar-refractivity contribution in [3.8, 4) is 0 Å². The molecule has 0 spiro atoms. The number of aromatic nitrogens is 2. The molecule has 0 atom stereocenters. The highest BCUT2D eigenvalue weighted by molar-refractivity contribution is 5.26. The molecule has 1 aromatic heterocycles. The number of nitrogens with two attached hydrogens (primary N) is 1. The van der Waals surface area contributed by atoms with Gasteiger partial charge in [0.25, 0.3) is 0 Å². The third-order valence-electron chi connectivity index (χ3n) is 3.87. The molecule has 90 valence electrons. The first-order chi connectivity index (χ1) is 7.35. The van der Waals surface area contributed by atoms with Crippen molar-refractivity contribution in [2.24, 2.45) is 11.7 Å². The van der Waals surface area contributed by atoms with Crippen molar-refractivity contribution in [1.29, 1.82) is 0 Å². The van der Waals surface area contributed by atoms with Gasteiger partial charge in [-0.3, -0.25) is 4.68 Å². The van der Waals surface area contributed by atoms with E-state index in [1.54, 1.807) is 0 Å². The highest BCUT2D eigenvalue weighted by Crippen LogP contribution is 2.48. The van der Waals surface area contributed by atoms with Crippen molar-refractivity contribution in [3.05, 3.63) is 18.0 Å². The molecule has 0 amide bonds. The Morgan fingerprint density at radius 1 is 1.50 bits per heavy atom. The lowest BCUT2D eigenvalue weighted by atomic mass is 9.79. The molecule has 1 aliphatic carbocycles. The van der Waals surface area contributed by atoms with E-state index in [0.29, 0.717) is 5.92 Å². The van der Waals surface area contributed by atoms with Crippen molar-refractivity contribution in [2.75, 3.05) is 0 Å². The van der Waals surface area contributed by atoms with Gasteiger partial charge in [-0.25, -0.2) is 0 Å². The van der Waals surface area contributed by atoms with Gasteiger partial charge in [-0.05, 0) is 24.8 Å². The summed E-state index contributed by atoms with van der Waals surface area (Å²) in [6.45, 7) is 9.81. The molecule has 3 nitrogen and oxygen atoms in total. The molecule has 2 rings (SSSR count). The molecule has 1 fully saturated rings. The molecule has 1 heterocycles. The molecule has 2 N–H and O–H groups in total. The number of rotatable bonds is 4. The molecule has 0 bridgehead atoms. The standard InChI is InChI=1S/C13H23N3/c1-10(2)9-16-8-5-11(15-16)12(3,4)13(14)6-7-13/h5,8,10H,6-7,9,14H2,1-4H3. The lowest BCUT2D eigenvalue weighted by molar-refractivity contribution is 0.371. The maximum atomic E-state index is 6.32. The first-order valence-electron chi connectivity index (χ1n) is 6.18. The normalized spacial score (nSPS) is 19.1. The van der Waals surface area contributed by atoms with E-state index in [4.69, 9.17) is 5.73 Å². The Bertz CT molecular complexity index is 372. The fraction of sp³-hybridized carbons (Fsp3) is 0.769. The van der Waals surface area contributed by atoms with Gasteiger partial charge in [0.05, 0.1) is 5.69 Å². The fourth-order valence-corrected chi connectivity index (χ4v) is 2.19. The van der Waals surface area contributed by atoms with Crippen molar-refractivity contribution in [1.82, 2.24) is 9.78 Å². The zero-order chi connectivity index (χ0) is 12.0. The van der Waals surface area contributed by atoms with Crippen molar-refractivity contribution >= 4 is 0 Å². The van der Waals surface area contributed by atoms with Crippen molar-refractivity contribution in [3.63, 3.8) is 0 Å². The molecular weight excluding hydrogens is 198 g/mol. The van der Waals surface area contributed by atoms with Gasteiger partial charge in [0.2, 0.25) is 0 Å². The van der Waals surface area contributed by atoms with Gasteiger partial charge >= 0.3 is 0 Å². The van der Waals surface area contributed by atoms with Crippen LogP contribution in [-0.4, -0.2) is 15.3 Å². The monoisotopic (exact) mass is 221 g/mol. The second kappa shape index (κ2) is 3.59. The summed E-state index contributed by atoms with van der Waals surface area (Å²) < 4.78 is 2.04. The minimum Gasteiger partial charge on any atom is -0.324 e. The van der Waals surface area contributed by atoms with Gasteiger partial charge < -0.3 is 5.73 Å². The maximum Gasteiger partial charge on any atom is 0.0699 e. The summed E-state index contributed by atoms with van der Waals surface area (Å²) >= 11 is 0. The molecule has 0 saturated heterocycles. The van der Waals surface area contributed by atoms with Crippen LogP contribution in [0.2, 0.25) is 0 Å². The Hall–Kier alpha value is -0.830. The molecule has 0 unspecified atom stereocenters. The molecule has 1 saturated carbocycles. The molecule has 0 aliphatic heterocycles. The third kappa shape index (κ3) is 1.88. The molecule has 1 aliphatic rings. The number of hydrogen-bond acceptors (Lipinski definition) is 2. The summed E-state index contributed by atoms with van der Waals surface area (Å²) in [5.74, 6) is 0.628. The van der Waals surface area contributed by atoms with Crippen LogP contribution in [0, 0.1) is 5.92 Å². The van der Waals surface area contributed by atoms with Crippen LogP contribution in [0.15, 0.2) is 12.3 Å². The summed E-state index contributed by atoms with van der Waals surface area (Å²) in [6, 6.07) is 2.12. The molecule has 1 aromatic rings. The van der Waals surface area contributed by atoms with Gasteiger partial charge in [-0.1, -0.05) is 27.7 Å². The van der Waals surface area contributed by atoms with Crippen molar-refractivity contribution in [2.45, 2.75) is 58.0 Å².